The van der Waals surface area contributed by atoms with E-state index in [2.05, 4.69) is 169 Å². The standard InChI is InChI=1S/C31H44N4O3.C30H41ClN4O3.C27H36ClN3O2.C26H32ClF2N3O2/c1-24-7-5-8-25(21-24)23-31(33(2)3)15-13-26(14-16-31)32-29(36)11-12-30(37)35-19-17-34(18-20-35)27-9-6-10-28(22-27)38-4;1-33(2)30(22-23-8-10-24(31)11-9-23)16-14-25(15-17-30)32-28(36)12-13-29(37)35-20-18-34(19-21-35)26-6-4-5-7-27(26)38-3;1-20-6-4-5-7-22(20)19-29-25(32)12-13-26(33)30-24-14-16-27(17-15-24,31(2)3)18-21-8-10-23(28)11-9-21;1-31(2)26(16-18-3-5-20(27)6-4-18)11-9-23(10-12-26)32(25(34)8-7-24(30)33)17-19-13-21(28)15-22(29)14-19/h5-10,21-22,26H,11-20,23H2,1-4H3,(H,32,36);4-11,25H,12-22H2,1-3H3,(H,32,36);4-11,24H,12-19H2,1-3H3,(H,29,32)(H,30,33);3-6,13-15,23H,7-12,16-17H2,1-2H3,(H2,30,33). The molecule has 8 aromatic carbocycles. The maximum Gasteiger partial charge on any atom is 0.223 e. The van der Waals surface area contributed by atoms with Crippen molar-refractivity contribution in [3.63, 3.8) is 0 Å². The van der Waals surface area contributed by atoms with E-state index < -0.39 is 17.5 Å². The fraction of sp³-hybridized carbons (Fsp3) is 0.509. The zero-order valence-electron chi connectivity index (χ0n) is 86.2. The number of amides is 8. The third kappa shape index (κ3) is 33.9. The molecule has 0 atom stereocenters. The van der Waals surface area contributed by atoms with Gasteiger partial charge in [-0.1, -0.05) is 143 Å². The molecular weight excluding hydrogens is 1870 g/mol. The number of rotatable bonds is 36. The highest BCUT2D eigenvalue weighted by Crippen LogP contribution is 2.42. The van der Waals surface area contributed by atoms with Crippen LogP contribution in [0.3, 0.4) is 0 Å². The Morgan fingerprint density at radius 3 is 1.22 bits per heavy atom. The van der Waals surface area contributed by atoms with E-state index >= 15 is 0 Å². The van der Waals surface area contributed by atoms with E-state index in [0.717, 1.165) is 205 Å². The number of carbonyl (C=O) groups is 8. The number of ether oxygens (including phenoxy) is 2. The molecule has 2 saturated heterocycles. The molecule has 143 heavy (non-hydrogen) atoms. The molecule has 6 aliphatic rings. The lowest BCUT2D eigenvalue weighted by Gasteiger charge is -2.47. The first-order valence-electron chi connectivity index (χ1n) is 51.0. The maximum absolute atomic E-state index is 13.8. The Balaban J connectivity index is 0.000000182. The Labute approximate surface area is 862 Å². The number of piperazine rings is 2. The smallest absolute Gasteiger partial charge is 0.223 e. The van der Waals surface area contributed by atoms with E-state index in [-0.39, 0.29) is 146 Å². The van der Waals surface area contributed by atoms with Crippen LogP contribution >= 0.6 is 34.8 Å². The van der Waals surface area contributed by atoms with E-state index in [9.17, 15) is 47.1 Å². The van der Waals surface area contributed by atoms with Crippen LogP contribution in [0.5, 0.6) is 11.5 Å². The van der Waals surface area contributed by atoms with Crippen LogP contribution in [-0.4, -0.2) is 251 Å². The molecule has 0 spiro atoms. The normalized spacial score (nSPS) is 21.2. The van der Waals surface area contributed by atoms with Crippen molar-refractivity contribution in [1.29, 1.82) is 0 Å². The zero-order valence-corrected chi connectivity index (χ0v) is 88.4. The number of methoxy groups -OCH3 is 2. The number of para-hydroxylation sites is 2. The third-order valence-corrected chi connectivity index (χ3v) is 31.4. The maximum atomic E-state index is 13.8. The quantitative estimate of drug-likeness (QED) is 0.0245. The number of nitrogens with one attached hydrogen (secondary N) is 4. The number of likely N-dealkylation sites (N-methyl/N-ethyl adjacent to an activating group) is 4. The van der Waals surface area contributed by atoms with Crippen molar-refractivity contribution >= 4 is 93.4 Å². The molecule has 8 amide bonds. The van der Waals surface area contributed by atoms with Crippen molar-refractivity contribution in [2.45, 2.75) is 253 Å². The van der Waals surface area contributed by atoms with Gasteiger partial charge in [-0.05, 0) is 310 Å². The lowest BCUT2D eigenvalue weighted by atomic mass is 9.74. The highest BCUT2D eigenvalue weighted by atomic mass is 35.5. The Bertz CT molecular complexity index is 5410. The van der Waals surface area contributed by atoms with Crippen LogP contribution in [0.2, 0.25) is 15.1 Å². The highest BCUT2D eigenvalue weighted by Gasteiger charge is 2.44. The van der Waals surface area contributed by atoms with Crippen molar-refractivity contribution in [2.24, 2.45) is 5.73 Å². The number of hydrogen-bond donors (Lipinski definition) is 5. The molecule has 0 unspecified atom stereocenters. The number of carbonyl (C=O) groups excluding carboxylic acids is 8. The van der Waals surface area contributed by atoms with E-state index in [0.29, 0.717) is 43.3 Å². The Hall–Kier alpha value is -10.7. The van der Waals surface area contributed by atoms with Gasteiger partial charge in [-0.25, -0.2) is 8.78 Å². The van der Waals surface area contributed by atoms with E-state index in [1.807, 2.05) is 132 Å². The van der Waals surface area contributed by atoms with Gasteiger partial charge in [0.1, 0.15) is 23.1 Å². The van der Waals surface area contributed by atoms with Gasteiger partial charge in [0, 0.05) is 196 Å². The average Bonchev–Trinajstić information content (AvgIpc) is 0.776. The Kier molecular flexibility index (Phi) is 42.9. The molecule has 4 aliphatic carbocycles. The minimum absolute atomic E-state index is 0.00518. The summed E-state index contributed by atoms with van der Waals surface area (Å²) in [5, 5.41) is 14.7. The largest absolute Gasteiger partial charge is 0.497 e. The van der Waals surface area contributed by atoms with Gasteiger partial charge in [0.05, 0.1) is 19.9 Å². The van der Waals surface area contributed by atoms with Gasteiger partial charge in [-0.15, -0.1) is 0 Å². The van der Waals surface area contributed by atoms with Gasteiger partial charge < -0.3 is 80.6 Å². The molecule has 8 aromatic rings. The number of anilines is 2. The van der Waals surface area contributed by atoms with Gasteiger partial charge in [0.2, 0.25) is 47.3 Å². The monoisotopic (exact) mass is 2020 g/mol. The molecule has 4 saturated carbocycles. The highest BCUT2D eigenvalue weighted by molar-refractivity contribution is 6.31. The van der Waals surface area contributed by atoms with Crippen molar-refractivity contribution < 1.29 is 56.6 Å². The molecule has 774 valence electrons. The average molecular weight is 2020 g/mol. The number of nitrogens with zero attached hydrogens (tertiary/aromatic N) is 9. The van der Waals surface area contributed by atoms with Crippen LogP contribution in [-0.2, 0) is 77.1 Å². The fourth-order valence-corrected chi connectivity index (χ4v) is 21.8. The van der Waals surface area contributed by atoms with Crippen LogP contribution in [0, 0.1) is 25.5 Å². The molecule has 0 radical (unpaired) electrons. The lowest BCUT2D eigenvalue weighted by Crippen LogP contribution is -2.52. The second-order valence-corrected chi connectivity index (χ2v) is 42.2. The summed E-state index contributed by atoms with van der Waals surface area (Å²) in [6, 6.07) is 60.6. The minimum atomic E-state index is -0.683. The van der Waals surface area contributed by atoms with Crippen LogP contribution in [0.25, 0.3) is 0 Å². The molecule has 6 fully saturated rings. The number of benzene rings is 8. The Morgan fingerprint density at radius 1 is 0.399 bits per heavy atom. The summed E-state index contributed by atoms with van der Waals surface area (Å²) in [5.41, 5.74) is 16.7. The van der Waals surface area contributed by atoms with Crippen LogP contribution in [0.15, 0.2) is 188 Å². The van der Waals surface area contributed by atoms with Crippen molar-refractivity contribution in [2.75, 3.05) is 133 Å². The molecular formula is C114H153Cl3F2N14O10. The predicted octanol–water partition coefficient (Wildman–Crippen LogP) is 17.8. The summed E-state index contributed by atoms with van der Waals surface area (Å²) in [7, 11) is 20.4. The summed E-state index contributed by atoms with van der Waals surface area (Å²) in [6.07, 6.45) is 20.3. The van der Waals surface area contributed by atoms with Crippen molar-refractivity contribution in [1.82, 2.24) is 55.6 Å². The Morgan fingerprint density at radius 2 is 0.797 bits per heavy atom. The zero-order chi connectivity index (χ0) is 103. The second-order valence-electron chi connectivity index (χ2n) is 40.9. The molecule has 0 aromatic heterocycles. The summed E-state index contributed by atoms with van der Waals surface area (Å²) >= 11 is 18.2. The molecule has 2 heterocycles. The first kappa shape index (κ1) is 113. The molecule has 0 bridgehead atoms. The van der Waals surface area contributed by atoms with Crippen molar-refractivity contribution in [3.05, 3.63) is 259 Å². The fourth-order valence-electron chi connectivity index (χ4n) is 21.4. The second kappa shape index (κ2) is 54.5. The number of halogens is 5. The van der Waals surface area contributed by atoms with Gasteiger partial charge in [0.25, 0.3) is 0 Å². The number of nitrogens with two attached hydrogens (primary N) is 1. The van der Waals surface area contributed by atoms with Gasteiger partial charge in [-0.2, -0.15) is 0 Å². The molecule has 29 heteroatoms. The van der Waals surface area contributed by atoms with Crippen LogP contribution in [0.1, 0.15) is 199 Å². The lowest BCUT2D eigenvalue weighted by molar-refractivity contribution is -0.137. The van der Waals surface area contributed by atoms with Crippen LogP contribution < -0.4 is 46.3 Å². The topological polar surface area (TPSA) is 258 Å². The predicted molar refractivity (Wildman–Crippen MR) is 569 cm³/mol. The summed E-state index contributed by atoms with van der Waals surface area (Å²) in [4.78, 5) is 119. The molecule has 24 nitrogen and oxygen atoms in total. The summed E-state index contributed by atoms with van der Waals surface area (Å²) in [5.74, 6) is -0.504. The number of primary amides is 1. The summed E-state index contributed by atoms with van der Waals surface area (Å²) < 4.78 is 38.4. The number of aryl methyl sites for hydroxylation is 2. The van der Waals surface area contributed by atoms with Crippen LogP contribution in [0.4, 0.5) is 20.2 Å². The third-order valence-electron chi connectivity index (χ3n) is 30.7. The molecule has 2 aliphatic heterocycles. The van der Waals surface area contributed by atoms with E-state index in [1.54, 1.807) is 19.1 Å². The van der Waals surface area contributed by atoms with E-state index in [4.69, 9.17) is 50.0 Å². The first-order valence-corrected chi connectivity index (χ1v) is 52.1. The molecule has 14 rings (SSSR count). The minimum Gasteiger partial charge on any atom is -0.497 e. The van der Waals surface area contributed by atoms with Gasteiger partial charge in [0.15, 0.2) is 0 Å². The van der Waals surface area contributed by atoms with Crippen molar-refractivity contribution in [3.8, 4) is 11.5 Å². The number of hydrogen-bond acceptors (Lipinski definition) is 16. The molecule has 6 N–H and O–H groups in total. The van der Waals surface area contributed by atoms with Gasteiger partial charge in [-0.3, -0.25) is 38.4 Å². The van der Waals surface area contributed by atoms with E-state index in [1.165, 1.54) is 39.9 Å². The van der Waals surface area contributed by atoms with Gasteiger partial charge >= 0.3 is 0 Å². The summed E-state index contributed by atoms with van der Waals surface area (Å²) in [6.45, 7) is 10.5. The first-order chi connectivity index (χ1) is 68.4. The SMILES string of the molecule is CN(C)C1(Cc2ccc(Cl)cc2)CCC(N(Cc2cc(F)cc(F)c2)C(=O)CCC(N)=O)CC1.COc1cccc(N2CCN(C(=O)CCC(=O)NC3CCC(Cc4cccc(C)c4)(N(C)C)CC3)CC2)c1.COc1ccccc1N1CCN(C(=O)CCC(=O)NC2CCC(Cc3ccc(Cl)cc3)(N(C)C)CC2)CC1.Cc1ccccc1CNC(=O)CCC(=O)NC1CCC(Cc2ccc(Cl)cc2)(N(C)C)CC1.